The fraction of sp³-hybridized carbons (Fsp3) is 0.400. The fourth-order valence-electron chi connectivity index (χ4n) is 3.87. The lowest BCUT2D eigenvalue weighted by atomic mass is 9.94. The number of carbonyl (C=O) groups excluding carboxylic acids is 1. The van der Waals surface area contributed by atoms with Gasteiger partial charge < -0.3 is 10.2 Å². The van der Waals surface area contributed by atoms with Gasteiger partial charge in [-0.25, -0.2) is 0 Å². The third-order valence-corrected chi connectivity index (χ3v) is 7.16. The number of carbonyl (C=O) groups is 1. The van der Waals surface area contributed by atoms with Gasteiger partial charge in [0.15, 0.2) is 0 Å². The first-order valence-electron chi connectivity index (χ1n) is 10.8. The summed E-state index contributed by atoms with van der Waals surface area (Å²) >= 11 is 9.54. The van der Waals surface area contributed by atoms with E-state index in [1.807, 2.05) is 0 Å². The van der Waals surface area contributed by atoms with E-state index in [0.717, 1.165) is 37.6 Å². The van der Waals surface area contributed by atoms with Crippen LogP contribution in [-0.4, -0.2) is 43.2 Å². The maximum Gasteiger partial charge on any atom is 0.399 e. The number of benzene rings is 2. The lowest BCUT2D eigenvalue weighted by molar-refractivity contribution is -0.139. The van der Waals surface area contributed by atoms with Crippen molar-refractivity contribution in [3.05, 3.63) is 73.7 Å². The molecule has 1 atom stereocenters. The third-order valence-electron chi connectivity index (χ3n) is 6.11. The number of piperidine rings is 1. The van der Waals surface area contributed by atoms with Gasteiger partial charge in [0.25, 0.3) is 5.91 Å². The topological polar surface area (TPSA) is 32.3 Å². The van der Waals surface area contributed by atoms with E-state index < -0.39 is 12.1 Å². The molecule has 0 aromatic heterocycles. The Morgan fingerprint density at radius 3 is 2.45 bits per heavy atom. The molecule has 2 aromatic carbocycles. The van der Waals surface area contributed by atoms with E-state index in [-0.39, 0.29) is 17.5 Å². The summed E-state index contributed by atoms with van der Waals surface area (Å²) in [4.78, 5) is 14.9. The van der Waals surface area contributed by atoms with Gasteiger partial charge in [0.1, 0.15) is 0 Å². The zero-order chi connectivity index (χ0) is 24.3. The van der Waals surface area contributed by atoms with Gasteiger partial charge in [0.2, 0.25) is 0 Å². The number of amides is 1. The monoisotopic (exact) mass is 542 g/mol. The Balaban J connectivity index is 1.78. The number of allylic oxidation sites excluding steroid dienone is 1. The summed E-state index contributed by atoms with van der Waals surface area (Å²) in [7, 11) is 2.05. The molecule has 1 aliphatic rings. The Kier molecular flexibility index (Phi) is 8.30. The number of alkyl halides is 3. The quantitative estimate of drug-likeness (QED) is 0.445. The van der Waals surface area contributed by atoms with Crippen molar-refractivity contribution in [3.8, 4) is 0 Å². The molecule has 0 spiro atoms. The number of hydrogen-bond acceptors (Lipinski definition) is 2. The molecule has 1 amide bonds. The molecule has 8 heteroatoms. The van der Waals surface area contributed by atoms with Gasteiger partial charge in [0, 0.05) is 15.5 Å². The Morgan fingerprint density at radius 1 is 1.21 bits per heavy atom. The van der Waals surface area contributed by atoms with Crippen LogP contribution in [0.5, 0.6) is 0 Å². The van der Waals surface area contributed by atoms with Crippen molar-refractivity contribution in [2.24, 2.45) is 0 Å². The van der Waals surface area contributed by atoms with Crippen LogP contribution in [0.1, 0.15) is 51.4 Å². The first-order chi connectivity index (χ1) is 15.5. The molecule has 1 fully saturated rings. The maximum atomic E-state index is 13.8. The van der Waals surface area contributed by atoms with Crippen molar-refractivity contribution in [2.45, 2.75) is 44.8 Å². The van der Waals surface area contributed by atoms with Gasteiger partial charge in [-0.2, -0.15) is 13.2 Å². The first-order valence-corrected chi connectivity index (χ1v) is 11.9. The molecule has 1 saturated heterocycles. The summed E-state index contributed by atoms with van der Waals surface area (Å²) < 4.78 is 42.0. The maximum absolute atomic E-state index is 13.8. The molecular weight excluding hydrogens is 517 g/mol. The minimum atomic E-state index is -4.47. The van der Waals surface area contributed by atoms with Crippen LogP contribution in [0.25, 0.3) is 6.08 Å². The highest BCUT2D eigenvalue weighted by Gasteiger charge is 2.39. The van der Waals surface area contributed by atoms with Crippen LogP contribution in [-0.2, 0) is 0 Å². The van der Waals surface area contributed by atoms with Gasteiger partial charge in [-0.1, -0.05) is 35.9 Å². The second-order valence-electron chi connectivity index (χ2n) is 8.61. The Hall–Kier alpha value is -1.83. The SMILES string of the molecule is Cc1cc(C(/C=C/c2ccc(C(=O)NC3CCN(C)CC3)c(Br)c2)C(F)(F)F)cc(Cl)c1C. The molecule has 1 N–H and O–H groups in total. The largest absolute Gasteiger partial charge is 0.399 e. The van der Waals surface area contributed by atoms with E-state index in [1.54, 1.807) is 32.0 Å². The van der Waals surface area contributed by atoms with E-state index in [0.29, 0.717) is 26.2 Å². The van der Waals surface area contributed by atoms with Crippen LogP contribution in [0, 0.1) is 13.8 Å². The van der Waals surface area contributed by atoms with E-state index >= 15 is 0 Å². The normalized spacial score (nSPS) is 16.8. The van der Waals surface area contributed by atoms with Gasteiger partial charge in [-0.15, -0.1) is 0 Å². The number of likely N-dealkylation sites (tertiary alicyclic amines) is 1. The second kappa shape index (κ2) is 10.6. The van der Waals surface area contributed by atoms with Crippen molar-refractivity contribution >= 4 is 39.5 Å². The van der Waals surface area contributed by atoms with Crippen LogP contribution < -0.4 is 5.32 Å². The highest BCUT2D eigenvalue weighted by atomic mass is 79.9. The van der Waals surface area contributed by atoms with Gasteiger partial charge in [0.05, 0.1) is 11.5 Å². The van der Waals surface area contributed by atoms with Crippen molar-refractivity contribution < 1.29 is 18.0 Å². The molecule has 0 aliphatic carbocycles. The second-order valence-corrected chi connectivity index (χ2v) is 9.87. The van der Waals surface area contributed by atoms with Gasteiger partial charge in [-0.3, -0.25) is 4.79 Å². The number of rotatable bonds is 5. The highest BCUT2D eigenvalue weighted by molar-refractivity contribution is 9.10. The van der Waals surface area contributed by atoms with E-state index in [4.69, 9.17) is 11.6 Å². The predicted molar refractivity (Wildman–Crippen MR) is 131 cm³/mol. The number of aryl methyl sites for hydroxylation is 1. The molecule has 33 heavy (non-hydrogen) atoms. The number of nitrogens with one attached hydrogen (secondary N) is 1. The summed E-state index contributed by atoms with van der Waals surface area (Å²) in [5, 5.41) is 3.36. The Morgan fingerprint density at radius 2 is 1.88 bits per heavy atom. The Bertz CT molecular complexity index is 1020. The van der Waals surface area contributed by atoms with Gasteiger partial charge in [-0.05, 0) is 103 Å². The average Bonchev–Trinajstić information content (AvgIpc) is 2.72. The Labute approximate surface area is 206 Å². The molecule has 0 bridgehead atoms. The minimum Gasteiger partial charge on any atom is -0.349 e. The molecule has 3 nitrogen and oxygen atoms in total. The smallest absolute Gasteiger partial charge is 0.349 e. The molecular formula is C25H27BrClF3N2O. The average molecular weight is 544 g/mol. The molecule has 0 radical (unpaired) electrons. The zero-order valence-electron chi connectivity index (χ0n) is 18.8. The fourth-order valence-corrected chi connectivity index (χ4v) is 4.73. The van der Waals surface area contributed by atoms with Crippen LogP contribution in [0.2, 0.25) is 5.02 Å². The van der Waals surface area contributed by atoms with Crippen molar-refractivity contribution in [2.75, 3.05) is 20.1 Å². The van der Waals surface area contributed by atoms with Crippen LogP contribution in [0.4, 0.5) is 13.2 Å². The summed E-state index contributed by atoms with van der Waals surface area (Å²) in [6.07, 6.45) is -0.137. The predicted octanol–water partition coefficient (Wildman–Crippen LogP) is 6.90. The number of hydrogen-bond donors (Lipinski definition) is 1. The molecule has 1 aliphatic heterocycles. The number of nitrogens with zero attached hydrogens (tertiary/aromatic N) is 1. The minimum absolute atomic E-state index is 0.0973. The van der Waals surface area contributed by atoms with E-state index in [1.165, 1.54) is 18.2 Å². The van der Waals surface area contributed by atoms with E-state index in [9.17, 15) is 18.0 Å². The summed E-state index contributed by atoms with van der Waals surface area (Å²) in [5.74, 6) is -1.98. The molecule has 1 heterocycles. The van der Waals surface area contributed by atoms with Crippen LogP contribution >= 0.6 is 27.5 Å². The summed E-state index contributed by atoms with van der Waals surface area (Å²) in [6.45, 7) is 5.39. The standard InChI is InChI=1S/C25H27BrClF3N2O/c1-15-12-18(14-23(27)16(15)2)21(25(28,29)30)7-5-17-4-6-20(22(26)13-17)24(33)31-19-8-10-32(3)11-9-19/h4-7,12-14,19,21H,8-11H2,1-3H3,(H,31,33)/b7-5+. The highest BCUT2D eigenvalue weighted by Crippen LogP contribution is 2.38. The van der Waals surface area contributed by atoms with Crippen molar-refractivity contribution in [1.29, 1.82) is 0 Å². The third kappa shape index (κ3) is 6.61. The van der Waals surface area contributed by atoms with Crippen molar-refractivity contribution in [1.82, 2.24) is 10.2 Å². The lowest BCUT2D eigenvalue weighted by Crippen LogP contribution is -2.43. The first kappa shape index (κ1) is 25.8. The van der Waals surface area contributed by atoms with Gasteiger partial charge >= 0.3 is 6.18 Å². The molecule has 0 saturated carbocycles. The lowest BCUT2D eigenvalue weighted by Gasteiger charge is -2.29. The van der Waals surface area contributed by atoms with Crippen LogP contribution in [0.3, 0.4) is 0 Å². The molecule has 178 valence electrons. The molecule has 3 rings (SSSR count). The molecule has 2 aromatic rings. The molecule has 1 unspecified atom stereocenters. The zero-order valence-corrected chi connectivity index (χ0v) is 21.1. The summed E-state index contributed by atoms with van der Waals surface area (Å²) in [6, 6.07) is 7.95. The van der Waals surface area contributed by atoms with Crippen molar-refractivity contribution in [3.63, 3.8) is 0 Å². The number of halogens is 5. The summed E-state index contributed by atoms with van der Waals surface area (Å²) in [5.41, 5.74) is 2.59. The van der Waals surface area contributed by atoms with E-state index in [2.05, 4.69) is 33.2 Å². The van der Waals surface area contributed by atoms with Crippen LogP contribution in [0.15, 0.2) is 40.9 Å².